The van der Waals surface area contributed by atoms with E-state index in [1.807, 2.05) is 0 Å². The van der Waals surface area contributed by atoms with Gasteiger partial charge in [-0.1, -0.05) is 0 Å². The fourth-order valence-corrected chi connectivity index (χ4v) is 1.66. The maximum atomic E-state index is 12.8. The zero-order valence-electron chi connectivity index (χ0n) is 9.82. The first kappa shape index (κ1) is 12.5. The van der Waals surface area contributed by atoms with Crippen molar-refractivity contribution in [1.82, 2.24) is 9.78 Å². The van der Waals surface area contributed by atoms with E-state index in [-0.39, 0.29) is 5.69 Å². The molecular weight excluding hydrogens is 245 g/mol. The summed E-state index contributed by atoms with van der Waals surface area (Å²) in [7, 11) is 2.96. The number of halogens is 3. The van der Waals surface area contributed by atoms with Crippen LogP contribution in [0.3, 0.4) is 0 Å². The van der Waals surface area contributed by atoms with Crippen LogP contribution in [-0.4, -0.2) is 16.9 Å². The molecule has 18 heavy (non-hydrogen) atoms. The summed E-state index contributed by atoms with van der Waals surface area (Å²) in [4.78, 5) is 0. The predicted octanol–water partition coefficient (Wildman–Crippen LogP) is 3.11. The van der Waals surface area contributed by atoms with Crippen molar-refractivity contribution < 1.29 is 17.9 Å². The van der Waals surface area contributed by atoms with Crippen molar-refractivity contribution in [2.45, 2.75) is 6.18 Å². The van der Waals surface area contributed by atoms with Gasteiger partial charge in [0.25, 0.3) is 0 Å². The molecule has 6 heteroatoms. The molecule has 2 aromatic rings. The lowest BCUT2D eigenvalue weighted by molar-refractivity contribution is -0.137. The maximum Gasteiger partial charge on any atom is 0.420 e. The molecule has 0 amide bonds. The number of aryl methyl sites for hydroxylation is 1. The van der Waals surface area contributed by atoms with E-state index in [0.717, 1.165) is 10.9 Å². The predicted molar refractivity (Wildman–Crippen MR) is 60.2 cm³/mol. The SMILES string of the molecule is COc1ccc(-c2nn(C)cc2C(F)(F)F)cc1. The zero-order valence-corrected chi connectivity index (χ0v) is 9.82. The van der Waals surface area contributed by atoms with Crippen LogP contribution in [0.5, 0.6) is 5.75 Å². The Balaban J connectivity index is 2.49. The van der Waals surface area contributed by atoms with Crippen LogP contribution in [0, 0.1) is 0 Å². The summed E-state index contributed by atoms with van der Waals surface area (Å²) in [6.45, 7) is 0. The standard InChI is InChI=1S/C12H11F3N2O/c1-17-7-10(12(13,14)15)11(16-17)8-3-5-9(18-2)6-4-8/h3-7H,1-2H3. The quantitative estimate of drug-likeness (QED) is 0.825. The number of rotatable bonds is 2. The third-order valence-corrected chi connectivity index (χ3v) is 2.50. The lowest BCUT2D eigenvalue weighted by Gasteiger charge is -2.06. The Labute approximate surface area is 102 Å². The summed E-state index contributed by atoms with van der Waals surface area (Å²) in [6, 6.07) is 6.31. The van der Waals surface area contributed by atoms with Crippen LogP contribution in [0.4, 0.5) is 13.2 Å². The highest BCUT2D eigenvalue weighted by Crippen LogP contribution is 2.36. The van der Waals surface area contributed by atoms with Gasteiger partial charge in [0.2, 0.25) is 0 Å². The molecule has 1 aromatic carbocycles. The van der Waals surface area contributed by atoms with E-state index in [1.54, 1.807) is 24.3 Å². The molecule has 0 spiro atoms. The van der Waals surface area contributed by atoms with Crippen molar-refractivity contribution in [3.63, 3.8) is 0 Å². The summed E-state index contributed by atoms with van der Waals surface area (Å²) in [5, 5.41) is 3.86. The second kappa shape index (κ2) is 4.36. The lowest BCUT2D eigenvalue weighted by atomic mass is 10.1. The molecule has 0 aliphatic carbocycles. The number of benzene rings is 1. The fourth-order valence-electron chi connectivity index (χ4n) is 1.66. The lowest BCUT2D eigenvalue weighted by Crippen LogP contribution is -2.05. The number of hydrogen-bond donors (Lipinski definition) is 0. The van der Waals surface area contributed by atoms with E-state index in [1.165, 1.54) is 14.2 Å². The number of aromatic nitrogens is 2. The highest BCUT2D eigenvalue weighted by Gasteiger charge is 2.36. The van der Waals surface area contributed by atoms with E-state index in [4.69, 9.17) is 4.74 Å². The van der Waals surface area contributed by atoms with E-state index < -0.39 is 11.7 Å². The smallest absolute Gasteiger partial charge is 0.420 e. The minimum Gasteiger partial charge on any atom is -0.497 e. The molecule has 0 radical (unpaired) electrons. The second-order valence-electron chi connectivity index (χ2n) is 3.79. The Morgan fingerprint density at radius 1 is 1.17 bits per heavy atom. The molecule has 0 aliphatic rings. The van der Waals surface area contributed by atoms with E-state index >= 15 is 0 Å². The van der Waals surface area contributed by atoms with Gasteiger partial charge >= 0.3 is 6.18 Å². The Morgan fingerprint density at radius 2 is 1.78 bits per heavy atom. The molecule has 0 aliphatic heterocycles. The van der Waals surface area contributed by atoms with Crippen molar-refractivity contribution >= 4 is 0 Å². The van der Waals surface area contributed by atoms with Crippen LogP contribution < -0.4 is 4.74 Å². The van der Waals surface area contributed by atoms with Gasteiger partial charge in [-0.2, -0.15) is 18.3 Å². The molecule has 0 bridgehead atoms. The number of methoxy groups -OCH3 is 1. The van der Waals surface area contributed by atoms with Gasteiger partial charge in [-0.15, -0.1) is 0 Å². The number of hydrogen-bond acceptors (Lipinski definition) is 2. The third kappa shape index (κ3) is 2.32. The first-order valence-corrected chi connectivity index (χ1v) is 5.17. The summed E-state index contributed by atoms with van der Waals surface area (Å²) in [5.74, 6) is 0.586. The summed E-state index contributed by atoms with van der Waals surface area (Å²) < 4.78 is 44.6. The fraction of sp³-hybridized carbons (Fsp3) is 0.250. The molecule has 1 aromatic heterocycles. The molecule has 3 nitrogen and oxygen atoms in total. The van der Waals surface area contributed by atoms with Gasteiger partial charge < -0.3 is 4.74 Å². The molecule has 0 saturated carbocycles. The van der Waals surface area contributed by atoms with Crippen LogP contribution >= 0.6 is 0 Å². The molecule has 0 saturated heterocycles. The van der Waals surface area contributed by atoms with Crippen molar-refractivity contribution in [2.75, 3.05) is 7.11 Å². The Kier molecular flexibility index (Phi) is 3.02. The van der Waals surface area contributed by atoms with Crippen LogP contribution in [0.2, 0.25) is 0 Å². The summed E-state index contributed by atoms with van der Waals surface area (Å²) in [6.07, 6.45) is -3.44. The largest absolute Gasteiger partial charge is 0.497 e. The number of alkyl halides is 3. The molecule has 0 N–H and O–H groups in total. The van der Waals surface area contributed by atoms with Crippen molar-refractivity contribution in [2.24, 2.45) is 7.05 Å². The van der Waals surface area contributed by atoms with E-state index in [9.17, 15) is 13.2 Å². The topological polar surface area (TPSA) is 27.1 Å². The molecule has 1 heterocycles. The molecule has 0 atom stereocenters. The summed E-state index contributed by atoms with van der Waals surface area (Å²) >= 11 is 0. The average molecular weight is 256 g/mol. The molecule has 96 valence electrons. The Morgan fingerprint density at radius 3 is 2.28 bits per heavy atom. The molecule has 0 unspecified atom stereocenters. The normalized spacial score (nSPS) is 11.6. The summed E-state index contributed by atoms with van der Waals surface area (Å²) in [5.41, 5.74) is -0.411. The van der Waals surface area contributed by atoms with Crippen LogP contribution in [0.15, 0.2) is 30.5 Å². The van der Waals surface area contributed by atoms with Gasteiger partial charge in [0, 0.05) is 18.8 Å². The minimum atomic E-state index is -4.41. The Bertz CT molecular complexity index is 543. The van der Waals surface area contributed by atoms with E-state index in [0.29, 0.717) is 11.3 Å². The molecular formula is C12H11F3N2O. The second-order valence-corrected chi connectivity index (χ2v) is 3.79. The van der Waals surface area contributed by atoms with Crippen LogP contribution in [0.25, 0.3) is 11.3 Å². The zero-order chi connectivity index (χ0) is 13.3. The first-order chi connectivity index (χ1) is 8.41. The number of ether oxygens (including phenoxy) is 1. The number of nitrogens with zero attached hydrogens (tertiary/aromatic N) is 2. The first-order valence-electron chi connectivity index (χ1n) is 5.17. The van der Waals surface area contributed by atoms with Crippen LogP contribution in [-0.2, 0) is 13.2 Å². The highest BCUT2D eigenvalue weighted by atomic mass is 19.4. The van der Waals surface area contributed by atoms with Gasteiger partial charge in [0.05, 0.1) is 7.11 Å². The highest BCUT2D eigenvalue weighted by molar-refractivity contribution is 5.64. The maximum absolute atomic E-state index is 12.8. The van der Waals surface area contributed by atoms with Gasteiger partial charge in [-0.3, -0.25) is 4.68 Å². The van der Waals surface area contributed by atoms with Gasteiger partial charge in [-0.25, -0.2) is 0 Å². The average Bonchev–Trinajstić information content (AvgIpc) is 2.71. The molecule has 2 rings (SSSR count). The van der Waals surface area contributed by atoms with Crippen LogP contribution in [0.1, 0.15) is 5.56 Å². The van der Waals surface area contributed by atoms with Gasteiger partial charge in [0.1, 0.15) is 17.0 Å². The minimum absolute atomic E-state index is 0.0762. The van der Waals surface area contributed by atoms with Crippen molar-refractivity contribution in [3.8, 4) is 17.0 Å². The van der Waals surface area contributed by atoms with Gasteiger partial charge in [-0.05, 0) is 24.3 Å². The third-order valence-electron chi connectivity index (χ3n) is 2.50. The van der Waals surface area contributed by atoms with Crippen molar-refractivity contribution in [3.05, 3.63) is 36.0 Å². The molecule has 0 fully saturated rings. The van der Waals surface area contributed by atoms with E-state index in [2.05, 4.69) is 5.10 Å². The monoisotopic (exact) mass is 256 g/mol. The van der Waals surface area contributed by atoms with Gasteiger partial charge in [0.15, 0.2) is 0 Å². The van der Waals surface area contributed by atoms with Crippen molar-refractivity contribution in [1.29, 1.82) is 0 Å². The Hall–Kier alpha value is -1.98.